The van der Waals surface area contributed by atoms with Gasteiger partial charge in [0.2, 0.25) is 0 Å². The van der Waals surface area contributed by atoms with Crippen molar-refractivity contribution in [3.63, 3.8) is 0 Å². The number of nitrogens with one attached hydrogen (secondary N) is 1. The minimum atomic E-state index is 0.759. The SMILES string of the molecule is CNc1ccc(-c2csc(Cl)c2)nn1. The number of hydrogen-bond acceptors (Lipinski definition) is 4. The minimum absolute atomic E-state index is 0.759. The van der Waals surface area contributed by atoms with E-state index in [9.17, 15) is 0 Å². The van der Waals surface area contributed by atoms with E-state index in [0.29, 0.717) is 0 Å². The van der Waals surface area contributed by atoms with Crippen LogP contribution in [0.25, 0.3) is 11.3 Å². The number of anilines is 1. The first-order chi connectivity index (χ1) is 6.79. The predicted octanol–water partition coefficient (Wildman–Crippen LogP) is 2.90. The van der Waals surface area contributed by atoms with Crippen LogP contribution in [0.4, 0.5) is 5.82 Å². The van der Waals surface area contributed by atoms with Crippen LogP contribution >= 0.6 is 22.9 Å². The maximum absolute atomic E-state index is 5.83. The van der Waals surface area contributed by atoms with Gasteiger partial charge in [0.05, 0.1) is 10.0 Å². The van der Waals surface area contributed by atoms with Crippen LogP contribution in [-0.2, 0) is 0 Å². The summed E-state index contributed by atoms with van der Waals surface area (Å²) >= 11 is 7.32. The van der Waals surface area contributed by atoms with Crippen LogP contribution < -0.4 is 5.32 Å². The van der Waals surface area contributed by atoms with Crippen molar-refractivity contribution >= 4 is 28.8 Å². The van der Waals surface area contributed by atoms with Gasteiger partial charge in [0.25, 0.3) is 0 Å². The maximum atomic E-state index is 5.83. The van der Waals surface area contributed by atoms with E-state index < -0.39 is 0 Å². The lowest BCUT2D eigenvalue weighted by Gasteiger charge is -1.98. The molecule has 0 atom stereocenters. The molecule has 0 fully saturated rings. The van der Waals surface area contributed by atoms with Crippen LogP contribution in [-0.4, -0.2) is 17.2 Å². The summed E-state index contributed by atoms with van der Waals surface area (Å²) in [6, 6.07) is 5.68. The highest BCUT2D eigenvalue weighted by Crippen LogP contribution is 2.27. The lowest BCUT2D eigenvalue weighted by Crippen LogP contribution is -1.94. The highest BCUT2D eigenvalue weighted by molar-refractivity contribution is 7.14. The summed E-state index contributed by atoms with van der Waals surface area (Å²) in [4.78, 5) is 0. The standard InChI is InChI=1S/C9H8ClN3S/c1-11-9-3-2-7(12-13-9)6-4-8(10)14-5-6/h2-5H,1H3,(H,11,13). The average Bonchev–Trinajstić information content (AvgIpc) is 2.65. The molecule has 2 aromatic rings. The Balaban J connectivity index is 2.33. The Morgan fingerprint density at radius 2 is 2.21 bits per heavy atom. The fourth-order valence-corrected chi connectivity index (χ4v) is 1.94. The Labute approximate surface area is 90.8 Å². The number of hydrogen-bond donors (Lipinski definition) is 1. The van der Waals surface area contributed by atoms with E-state index in [2.05, 4.69) is 15.5 Å². The molecule has 0 aromatic carbocycles. The number of rotatable bonds is 2. The molecule has 2 rings (SSSR count). The van der Waals surface area contributed by atoms with Gasteiger partial charge in [-0.2, -0.15) is 0 Å². The summed E-state index contributed by atoms with van der Waals surface area (Å²) in [7, 11) is 1.81. The van der Waals surface area contributed by atoms with Crippen molar-refractivity contribution in [3.05, 3.63) is 27.9 Å². The molecule has 2 aromatic heterocycles. The predicted molar refractivity (Wildman–Crippen MR) is 59.9 cm³/mol. The number of nitrogens with zero attached hydrogens (tertiary/aromatic N) is 2. The van der Waals surface area contributed by atoms with Crippen molar-refractivity contribution in [2.24, 2.45) is 0 Å². The molecule has 0 aliphatic rings. The molecule has 0 aliphatic heterocycles. The van der Waals surface area contributed by atoms with Crippen LogP contribution in [0.2, 0.25) is 4.34 Å². The Bertz CT molecular complexity index is 424. The molecular formula is C9H8ClN3S. The summed E-state index contributed by atoms with van der Waals surface area (Å²) in [5.41, 5.74) is 1.85. The molecule has 0 unspecified atom stereocenters. The van der Waals surface area contributed by atoms with Crippen LogP contribution in [0.1, 0.15) is 0 Å². The average molecular weight is 226 g/mol. The van der Waals surface area contributed by atoms with Crippen LogP contribution in [0.3, 0.4) is 0 Å². The molecule has 0 spiro atoms. The zero-order valence-electron chi connectivity index (χ0n) is 7.49. The van der Waals surface area contributed by atoms with Gasteiger partial charge in [0, 0.05) is 18.0 Å². The Morgan fingerprint density at radius 3 is 2.71 bits per heavy atom. The van der Waals surface area contributed by atoms with E-state index in [1.54, 1.807) is 0 Å². The van der Waals surface area contributed by atoms with Gasteiger partial charge < -0.3 is 5.32 Å². The number of aromatic nitrogens is 2. The zero-order valence-corrected chi connectivity index (χ0v) is 9.06. The van der Waals surface area contributed by atoms with Crippen molar-refractivity contribution in [1.29, 1.82) is 0 Å². The van der Waals surface area contributed by atoms with Gasteiger partial charge in [0.15, 0.2) is 0 Å². The lowest BCUT2D eigenvalue weighted by molar-refractivity contribution is 1.04. The van der Waals surface area contributed by atoms with E-state index >= 15 is 0 Å². The summed E-state index contributed by atoms with van der Waals surface area (Å²) in [5.74, 6) is 0.759. The van der Waals surface area contributed by atoms with Gasteiger partial charge >= 0.3 is 0 Å². The zero-order chi connectivity index (χ0) is 9.97. The van der Waals surface area contributed by atoms with E-state index in [1.165, 1.54) is 11.3 Å². The third-order valence-electron chi connectivity index (χ3n) is 1.78. The van der Waals surface area contributed by atoms with Gasteiger partial charge in [-0.15, -0.1) is 21.5 Å². The molecular weight excluding hydrogens is 218 g/mol. The van der Waals surface area contributed by atoms with E-state index in [1.807, 2.05) is 30.6 Å². The summed E-state index contributed by atoms with van der Waals surface area (Å²) in [5, 5.41) is 12.9. The van der Waals surface area contributed by atoms with E-state index in [4.69, 9.17) is 11.6 Å². The number of thiophene rings is 1. The van der Waals surface area contributed by atoms with Crippen LogP contribution in [0, 0.1) is 0 Å². The summed E-state index contributed by atoms with van der Waals surface area (Å²) in [6.07, 6.45) is 0. The molecule has 0 saturated carbocycles. The van der Waals surface area contributed by atoms with Crippen LogP contribution in [0.15, 0.2) is 23.6 Å². The fraction of sp³-hybridized carbons (Fsp3) is 0.111. The molecule has 5 heteroatoms. The first-order valence-corrected chi connectivity index (χ1v) is 5.31. The van der Waals surface area contributed by atoms with Gasteiger partial charge in [0.1, 0.15) is 5.82 Å². The second-order valence-electron chi connectivity index (χ2n) is 2.69. The third kappa shape index (κ3) is 1.86. The molecule has 0 aliphatic carbocycles. The lowest BCUT2D eigenvalue weighted by atomic mass is 10.2. The molecule has 2 heterocycles. The maximum Gasteiger partial charge on any atom is 0.148 e. The Morgan fingerprint density at radius 1 is 1.36 bits per heavy atom. The number of halogens is 1. The third-order valence-corrected chi connectivity index (χ3v) is 2.88. The van der Waals surface area contributed by atoms with E-state index in [-0.39, 0.29) is 0 Å². The monoisotopic (exact) mass is 225 g/mol. The second kappa shape index (κ2) is 3.94. The molecule has 0 bridgehead atoms. The molecule has 0 radical (unpaired) electrons. The van der Waals surface area contributed by atoms with Crippen molar-refractivity contribution in [1.82, 2.24) is 10.2 Å². The topological polar surface area (TPSA) is 37.8 Å². The van der Waals surface area contributed by atoms with Gasteiger partial charge in [-0.3, -0.25) is 0 Å². The highest BCUT2D eigenvalue weighted by Gasteiger charge is 2.02. The molecule has 0 saturated heterocycles. The first-order valence-electron chi connectivity index (χ1n) is 4.05. The smallest absolute Gasteiger partial charge is 0.148 e. The summed E-state index contributed by atoms with van der Waals surface area (Å²) < 4.78 is 0.763. The summed E-state index contributed by atoms with van der Waals surface area (Å²) in [6.45, 7) is 0. The van der Waals surface area contributed by atoms with Gasteiger partial charge in [-0.1, -0.05) is 11.6 Å². The molecule has 0 amide bonds. The molecule has 3 nitrogen and oxygen atoms in total. The fourth-order valence-electron chi connectivity index (χ4n) is 1.06. The first kappa shape index (κ1) is 9.43. The molecule has 14 heavy (non-hydrogen) atoms. The van der Waals surface area contributed by atoms with Crippen molar-refractivity contribution in [2.75, 3.05) is 12.4 Å². The Kier molecular flexibility index (Phi) is 2.65. The normalized spacial score (nSPS) is 10.1. The van der Waals surface area contributed by atoms with Crippen molar-refractivity contribution < 1.29 is 0 Å². The largest absolute Gasteiger partial charge is 0.372 e. The van der Waals surface area contributed by atoms with Crippen molar-refractivity contribution in [3.8, 4) is 11.3 Å². The Hall–Kier alpha value is -1.13. The van der Waals surface area contributed by atoms with E-state index in [0.717, 1.165) is 21.4 Å². The van der Waals surface area contributed by atoms with Gasteiger partial charge in [-0.25, -0.2) is 0 Å². The minimum Gasteiger partial charge on any atom is -0.372 e. The van der Waals surface area contributed by atoms with Crippen molar-refractivity contribution in [2.45, 2.75) is 0 Å². The van der Waals surface area contributed by atoms with Gasteiger partial charge in [-0.05, 0) is 18.2 Å². The molecule has 72 valence electrons. The second-order valence-corrected chi connectivity index (χ2v) is 4.24. The van der Waals surface area contributed by atoms with Crippen LogP contribution in [0.5, 0.6) is 0 Å². The quantitative estimate of drug-likeness (QED) is 0.854. The molecule has 1 N–H and O–H groups in total. The highest BCUT2D eigenvalue weighted by atomic mass is 35.5.